The highest BCUT2D eigenvalue weighted by Gasteiger charge is 2.09. The van der Waals surface area contributed by atoms with Crippen molar-refractivity contribution in [2.75, 3.05) is 30.8 Å². The van der Waals surface area contributed by atoms with Gasteiger partial charge in [-0.25, -0.2) is 4.98 Å². The van der Waals surface area contributed by atoms with Gasteiger partial charge in [-0.05, 0) is 26.7 Å². The summed E-state index contributed by atoms with van der Waals surface area (Å²) in [7, 11) is 0. The van der Waals surface area contributed by atoms with Gasteiger partial charge in [-0.15, -0.1) is 0 Å². The topological polar surface area (TPSA) is 82.3 Å². The summed E-state index contributed by atoms with van der Waals surface area (Å²) >= 11 is 0. The molecule has 0 aromatic carbocycles. The zero-order valence-corrected chi connectivity index (χ0v) is 12.7. The zero-order chi connectivity index (χ0) is 14.8. The van der Waals surface area contributed by atoms with Crippen LogP contribution in [0.2, 0.25) is 0 Å². The molecule has 1 aromatic rings. The van der Waals surface area contributed by atoms with E-state index < -0.39 is 0 Å². The van der Waals surface area contributed by atoms with Gasteiger partial charge in [0.25, 0.3) is 0 Å². The Bertz CT molecular complexity index is 385. The third kappa shape index (κ3) is 6.06. The Morgan fingerprint density at radius 2 is 2.00 bits per heavy atom. The number of rotatable bonds is 10. The molecule has 6 heteroatoms. The number of unbranched alkanes of at least 4 members (excludes halogenated alkanes) is 1. The molecular formula is C14H26N4O2. The normalized spacial score (nSPS) is 10.8. The maximum atomic E-state index is 5.97. The third-order valence-electron chi connectivity index (χ3n) is 2.59. The van der Waals surface area contributed by atoms with Gasteiger partial charge in [-0.1, -0.05) is 13.3 Å². The van der Waals surface area contributed by atoms with Crippen molar-refractivity contribution in [3.05, 3.63) is 6.33 Å². The van der Waals surface area contributed by atoms with Gasteiger partial charge in [0, 0.05) is 19.8 Å². The molecule has 3 N–H and O–H groups in total. The van der Waals surface area contributed by atoms with Gasteiger partial charge in [0.15, 0.2) is 5.82 Å². The number of nitrogens with two attached hydrogens (primary N) is 1. The van der Waals surface area contributed by atoms with Crippen LogP contribution in [-0.2, 0) is 4.74 Å². The molecule has 0 amide bonds. The smallest absolute Gasteiger partial charge is 0.242 e. The molecule has 1 heterocycles. The first-order chi connectivity index (χ1) is 9.65. The van der Waals surface area contributed by atoms with Crippen LogP contribution >= 0.6 is 0 Å². The van der Waals surface area contributed by atoms with E-state index in [4.69, 9.17) is 15.2 Å². The summed E-state index contributed by atoms with van der Waals surface area (Å²) < 4.78 is 11.0. The van der Waals surface area contributed by atoms with Gasteiger partial charge in [-0.3, -0.25) is 0 Å². The third-order valence-corrected chi connectivity index (χ3v) is 2.59. The molecule has 0 radical (unpaired) electrons. The summed E-state index contributed by atoms with van der Waals surface area (Å²) in [5, 5.41) is 3.18. The molecule has 0 saturated heterocycles. The molecular weight excluding hydrogens is 256 g/mol. The van der Waals surface area contributed by atoms with Crippen LogP contribution in [0.4, 0.5) is 11.5 Å². The van der Waals surface area contributed by atoms with E-state index in [1.54, 1.807) is 0 Å². The van der Waals surface area contributed by atoms with E-state index in [0.717, 1.165) is 39.0 Å². The van der Waals surface area contributed by atoms with Crippen LogP contribution in [0.3, 0.4) is 0 Å². The minimum absolute atomic E-state index is 0.0343. The first-order valence-corrected chi connectivity index (χ1v) is 7.23. The lowest BCUT2D eigenvalue weighted by atomic mass is 10.3. The SMILES string of the molecule is CCCCOCCCNc1ncnc(OC(C)C)c1N. The largest absolute Gasteiger partial charge is 0.473 e. The molecule has 0 fully saturated rings. The zero-order valence-electron chi connectivity index (χ0n) is 12.7. The van der Waals surface area contributed by atoms with Gasteiger partial charge in [-0.2, -0.15) is 4.98 Å². The van der Waals surface area contributed by atoms with Crippen LogP contribution in [-0.4, -0.2) is 35.8 Å². The summed E-state index contributed by atoms with van der Waals surface area (Å²) in [5.74, 6) is 1.04. The summed E-state index contributed by atoms with van der Waals surface area (Å²) in [6, 6.07) is 0. The number of aromatic nitrogens is 2. The molecule has 1 aromatic heterocycles. The van der Waals surface area contributed by atoms with Crippen LogP contribution in [0.1, 0.15) is 40.0 Å². The van der Waals surface area contributed by atoms with Crippen molar-refractivity contribution >= 4 is 11.5 Å². The predicted octanol–water partition coefficient (Wildman–Crippen LogP) is 2.46. The second kappa shape index (κ2) is 9.36. The first kappa shape index (κ1) is 16.5. The monoisotopic (exact) mass is 282 g/mol. The molecule has 0 aliphatic rings. The van der Waals surface area contributed by atoms with Crippen LogP contribution in [0, 0.1) is 0 Å². The Morgan fingerprint density at radius 1 is 1.25 bits per heavy atom. The number of nitrogen functional groups attached to an aromatic ring is 1. The van der Waals surface area contributed by atoms with Crippen LogP contribution in [0.15, 0.2) is 6.33 Å². The Kier molecular flexibility index (Phi) is 7.72. The summed E-state index contributed by atoms with van der Waals surface area (Å²) in [6.45, 7) is 8.35. The minimum atomic E-state index is 0.0343. The van der Waals surface area contributed by atoms with E-state index in [0.29, 0.717) is 17.4 Å². The molecule has 6 nitrogen and oxygen atoms in total. The highest BCUT2D eigenvalue weighted by Crippen LogP contribution is 2.25. The van der Waals surface area contributed by atoms with Gasteiger partial charge in [0.2, 0.25) is 5.88 Å². The molecule has 0 atom stereocenters. The summed E-state index contributed by atoms with van der Waals surface area (Å²) in [6.07, 6.45) is 4.67. The Labute approximate surface area is 121 Å². The minimum Gasteiger partial charge on any atom is -0.473 e. The molecule has 0 unspecified atom stereocenters. The van der Waals surface area contributed by atoms with Gasteiger partial charge in [0.05, 0.1) is 6.10 Å². The molecule has 0 aliphatic carbocycles. The average molecular weight is 282 g/mol. The Morgan fingerprint density at radius 3 is 2.70 bits per heavy atom. The molecule has 20 heavy (non-hydrogen) atoms. The number of nitrogens with one attached hydrogen (secondary N) is 1. The number of hydrogen-bond donors (Lipinski definition) is 2. The Balaban J connectivity index is 2.33. The Hall–Kier alpha value is -1.56. The molecule has 0 bridgehead atoms. The highest BCUT2D eigenvalue weighted by atomic mass is 16.5. The van der Waals surface area contributed by atoms with Gasteiger partial charge >= 0.3 is 0 Å². The molecule has 0 aliphatic heterocycles. The predicted molar refractivity (Wildman–Crippen MR) is 81.0 cm³/mol. The van der Waals surface area contributed by atoms with E-state index >= 15 is 0 Å². The fourth-order valence-electron chi connectivity index (χ4n) is 1.57. The first-order valence-electron chi connectivity index (χ1n) is 7.23. The van der Waals surface area contributed by atoms with E-state index in [1.807, 2.05) is 13.8 Å². The van der Waals surface area contributed by atoms with Crippen LogP contribution in [0.25, 0.3) is 0 Å². The standard InChI is InChI=1S/C14H26N4O2/c1-4-5-8-19-9-6-7-16-13-12(15)14(18-10-17-13)20-11(2)3/h10-11H,4-9,15H2,1-3H3,(H,16,17,18). The van der Waals surface area contributed by atoms with Crippen molar-refractivity contribution < 1.29 is 9.47 Å². The molecule has 114 valence electrons. The fraction of sp³-hybridized carbons (Fsp3) is 0.714. The summed E-state index contributed by atoms with van der Waals surface area (Å²) in [5.41, 5.74) is 6.42. The quantitative estimate of drug-likeness (QED) is 0.641. The van der Waals surface area contributed by atoms with E-state index in [-0.39, 0.29) is 6.10 Å². The van der Waals surface area contributed by atoms with Crippen LogP contribution < -0.4 is 15.8 Å². The number of ether oxygens (including phenoxy) is 2. The molecule has 0 spiro atoms. The van der Waals surface area contributed by atoms with Crippen molar-refractivity contribution in [1.82, 2.24) is 9.97 Å². The lowest BCUT2D eigenvalue weighted by molar-refractivity contribution is 0.131. The van der Waals surface area contributed by atoms with Gasteiger partial charge < -0.3 is 20.5 Å². The molecule has 0 saturated carbocycles. The second-order valence-electron chi connectivity index (χ2n) is 4.85. The maximum absolute atomic E-state index is 5.97. The summed E-state index contributed by atoms with van der Waals surface area (Å²) in [4.78, 5) is 8.16. The van der Waals surface area contributed by atoms with E-state index in [1.165, 1.54) is 6.33 Å². The number of anilines is 2. The van der Waals surface area contributed by atoms with E-state index in [2.05, 4.69) is 22.2 Å². The van der Waals surface area contributed by atoms with Crippen molar-refractivity contribution in [3.63, 3.8) is 0 Å². The van der Waals surface area contributed by atoms with E-state index in [9.17, 15) is 0 Å². The van der Waals surface area contributed by atoms with Crippen molar-refractivity contribution in [1.29, 1.82) is 0 Å². The van der Waals surface area contributed by atoms with Crippen molar-refractivity contribution in [2.24, 2.45) is 0 Å². The highest BCUT2D eigenvalue weighted by molar-refractivity contribution is 5.66. The second-order valence-corrected chi connectivity index (χ2v) is 4.85. The van der Waals surface area contributed by atoms with Crippen molar-refractivity contribution in [3.8, 4) is 5.88 Å². The molecule has 1 rings (SSSR count). The number of nitrogens with zero attached hydrogens (tertiary/aromatic N) is 2. The average Bonchev–Trinajstić information content (AvgIpc) is 2.41. The maximum Gasteiger partial charge on any atom is 0.242 e. The fourth-order valence-corrected chi connectivity index (χ4v) is 1.57. The van der Waals surface area contributed by atoms with Crippen LogP contribution in [0.5, 0.6) is 5.88 Å². The lowest BCUT2D eigenvalue weighted by Crippen LogP contribution is -2.13. The number of hydrogen-bond acceptors (Lipinski definition) is 6. The lowest BCUT2D eigenvalue weighted by Gasteiger charge is -2.13. The van der Waals surface area contributed by atoms with Crippen molar-refractivity contribution in [2.45, 2.75) is 46.1 Å². The van der Waals surface area contributed by atoms with Gasteiger partial charge in [0.1, 0.15) is 12.0 Å².